The van der Waals surface area contributed by atoms with Gasteiger partial charge in [0.2, 0.25) is 5.96 Å². The van der Waals surface area contributed by atoms with Gasteiger partial charge in [0.15, 0.2) is 0 Å². The second-order valence-corrected chi connectivity index (χ2v) is 8.39. The summed E-state index contributed by atoms with van der Waals surface area (Å²) in [6.07, 6.45) is 8.40. The van der Waals surface area contributed by atoms with Crippen molar-refractivity contribution in [2.24, 2.45) is 10.9 Å². The fraction of sp³-hybridized carbons (Fsp3) is 0.417. The van der Waals surface area contributed by atoms with Gasteiger partial charge in [0, 0.05) is 50.8 Å². The smallest absolute Gasteiger partial charge is 0.259 e. The number of hydrogen-bond acceptors (Lipinski definition) is 4. The van der Waals surface area contributed by atoms with Crippen LogP contribution in [0.5, 0.6) is 0 Å². The summed E-state index contributed by atoms with van der Waals surface area (Å²) in [6.45, 7) is 7.17. The van der Waals surface area contributed by atoms with Gasteiger partial charge in [-0.3, -0.25) is 19.6 Å². The van der Waals surface area contributed by atoms with Crippen LogP contribution in [-0.2, 0) is 11.3 Å². The molecule has 3 aliphatic heterocycles. The molecule has 0 saturated carbocycles. The zero-order valence-corrected chi connectivity index (χ0v) is 17.1. The fourth-order valence-electron chi connectivity index (χ4n) is 4.84. The molecule has 29 heavy (non-hydrogen) atoms. The van der Waals surface area contributed by atoms with Crippen LogP contribution in [0, 0.1) is 5.92 Å². The van der Waals surface area contributed by atoms with Crippen molar-refractivity contribution in [3.63, 3.8) is 0 Å². The maximum atomic E-state index is 13.6. The van der Waals surface area contributed by atoms with E-state index < -0.39 is 0 Å². The molecule has 0 radical (unpaired) electrons. The van der Waals surface area contributed by atoms with Gasteiger partial charge in [-0.05, 0) is 18.9 Å². The van der Waals surface area contributed by atoms with E-state index >= 15 is 0 Å². The molecule has 1 aromatic rings. The molecule has 0 bridgehead atoms. The van der Waals surface area contributed by atoms with Gasteiger partial charge >= 0.3 is 0 Å². The minimum Gasteiger partial charge on any atom is -0.314 e. The van der Waals surface area contributed by atoms with E-state index in [1.807, 2.05) is 11.0 Å². The van der Waals surface area contributed by atoms with Crippen LogP contribution in [0.15, 0.2) is 70.4 Å². The number of benzene rings is 1. The number of amides is 1. The standard InChI is InChI=1S/C24H28N4O/c1-18-7-5-6-10-20(18)16-28-23(29)21-17-26(15-19-8-3-2-4-9-19)13-11-22(21)27-14-12-25-24(27)28/h2-9,20H,10-17H2,1H3. The van der Waals surface area contributed by atoms with Gasteiger partial charge in [0.05, 0.1) is 12.1 Å². The molecule has 1 aromatic carbocycles. The van der Waals surface area contributed by atoms with E-state index in [-0.39, 0.29) is 5.91 Å². The van der Waals surface area contributed by atoms with E-state index in [1.54, 1.807) is 0 Å². The summed E-state index contributed by atoms with van der Waals surface area (Å²) >= 11 is 0. The molecule has 0 saturated heterocycles. The minimum absolute atomic E-state index is 0.164. The van der Waals surface area contributed by atoms with Crippen molar-refractivity contribution in [1.29, 1.82) is 0 Å². The third-order valence-corrected chi connectivity index (χ3v) is 6.50. The monoisotopic (exact) mass is 388 g/mol. The SMILES string of the molecule is CC1=CC=CCC1CN1C(=O)C2=C(CCN(Cc3ccccc3)C2)N2CCN=C12. The van der Waals surface area contributed by atoms with Crippen LogP contribution in [0.4, 0.5) is 0 Å². The predicted molar refractivity (Wildman–Crippen MR) is 115 cm³/mol. The first kappa shape index (κ1) is 18.4. The third kappa shape index (κ3) is 3.44. The highest BCUT2D eigenvalue weighted by atomic mass is 16.2. The van der Waals surface area contributed by atoms with Crippen LogP contribution in [0.25, 0.3) is 0 Å². The van der Waals surface area contributed by atoms with Crippen molar-refractivity contribution in [2.45, 2.75) is 26.3 Å². The van der Waals surface area contributed by atoms with E-state index in [4.69, 9.17) is 4.99 Å². The summed E-state index contributed by atoms with van der Waals surface area (Å²) in [6, 6.07) is 10.5. The molecule has 5 nitrogen and oxygen atoms in total. The van der Waals surface area contributed by atoms with E-state index in [9.17, 15) is 4.79 Å². The van der Waals surface area contributed by atoms with Gasteiger partial charge in [-0.15, -0.1) is 0 Å². The highest BCUT2D eigenvalue weighted by Crippen LogP contribution is 2.33. The van der Waals surface area contributed by atoms with Crippen LogP contribution < -0.4 is 0 Å². The van der Waals surface area contributed by atoms with Crippen molar-refractivity contribution in [3.8, 4) is 0 Å². The number of rotatable bonds is 4. The minimum atomic E-state index is 0.164. The van der Waals surface area contributed by atoms with Crippen molar-refractivity contribution >= 4 is 11.9 Å². The molecule has 0 fully saturated rings. The van der Waals surface area contributed by atoms with Crippen LogP contribution >= 0.6 is 0 Å². The maximum Gasteiger partial charge on any atom is 0.259 e. The Hall–Kier alpha value is -2.66. The molecule has 3 heterocycles. The summed E-state index contributed by atoms with van der Waals surface area (Å²) in [7, 11) is 0. The predicted octanol–water partition coefficient (Wildman–Crippen LogP) is 3.18. The van der Waals surface area contributed by atoms with Crippen LogP contribution in [-0.4, -0.2) is 59.3 Å². The zero-order chi connectivity index (χ0) is 19.8. The van der Waals surface area contributed by atoms with Gasteiger partial charge in [-0.2, -0.15) is 0 Å². The van der Waals surface area contributed by atoms with E-state index in [2.05, 4.69) is 59.2 Å². The van der Waals surface area contributed by atoms with Crippen LogP contribution in [0.2, 0.25) is 0 Å². The Morgan fingerprint density at radius 2 is 2.03 bits per heavy atom. The Labute approximate surface area is 172 Å². The van der Waals surface area contributed by atoms with Crippen LogP contribution in [0.1, 0.15) is 25.3 Å². The molecule has 0 aromatic heterocycles. The first-order valence-corrected chi connectivity index (χ1v) is 10.7. The molecule has 5 heteroatoms. The number of carbonyl (C=O) groups excluding carboxylic acids is 1. The Morgan fingerprint density at radius 3 is 2.86 bits per heavy atom. The highest BCUT2D eigenvalue weighted by Gasteiger charge is 2.41. The second kappa shape index (κ2) is 7.64. The zero-order valence-electron chi connectivity index (χ0n) is 17.1. The summed E-state index contributed by atoms with van der Waals surface area (Å²) in [5.74, 6) is 1.42. The second-order valence-electron chi connectivity index (χ2n) is 8.39. The van der Waals surface area contributed by atoms with Crippen molar-refractivity contribution in [3.05, 3.63) is 71.0 Å². The van der Waals surface area contributed by atoms with E-state index in [0.29, 0.717) is 5.92 Å². The summed E-state index contributed by atoms with van der Waals surface area (Å²) in [5, 5.41) is 0. The highest BCUT2D eigenvalue weighted by molar-refractivity contribution is 6.10. The maximum absolute atomic E-state index is 13.6. The topological polar surface area (TPSA) is 39.2 Å². The van der Waals surface area contributed by atoms with Crippen molar-refractivity contribution < 1.29 is 4.79 Å². The number of aliphatic imine (C=N–C) groups is 1. The molecular weight excluding hydrogens is 360 g/mol. The molecule has 0 N–H and O–H groups in total. The summed E-state index contributed by atoms with van der Waals surface area (Å²) < 4.78 is 0. The van der Waals surface area contributed by atoms with E-state index in [0.717, 1.165) is 63.6 Å². The first-order valence-electron chi connectivity index (χ1n) is 10.7. The molecule has 0 spiro atoms. The molecular formula is C24H28N4O. The lowest BCUT2D eigenvalue weighted by molar-refractivity contribution is -0.125. The Bertz CT molecular complexity index is 927. The number of guanidine groups is 1. The summed E-state index contributed by atoms with van der Waals surface area (Å²) in [5.41, 5.74) is 4.83. The quantitative estimate of drug-likeness (QED) is 0.795. The summed E-state index contributed by atoms with van der Waals surface area (Å²) in [4.78, 5) is 25.0. The van der Waals surface area contributed by atoms with E-state index in [1.165, 1.54) is 16.8 Å². The van der Waals surface area contributed by atoms with Gasteiger partial charge in [-0.25, -0.2) is 0 Å². The van der Waals surface area contributed by atoms with Crippen LogP contribution in [0.3, 0.4) is 0 Å². The first-order chi connectivity index (χ1) is 14.2. The number of carbonyl (C=O) groups is 1. The van der Waals surface area contributed by atoms with Crippen molar-refractivity contribution in [2.75, 3.05) is 32.7 Å². The normalized spacial score (nSPS) is 24.4. The fourth-order valence-corrected chi connectivity index (χ4v) is 4.84. The molecule has 1 aliphatic carbocycles. The molecule has 1 unspecified atom stereocenters. The van der Waals surface area contributed by atoms with Gasteiger partial charge in [0.1, 0.15) is 0 Å². The lowest BCUT2D eigenvalue weighted by Crippen LogP contribution is -2.55. The Balaban J connectivity index is 1.38. The van der Waals surface area contributed by atoms with Gasteiger partial charge in [-0.1, -0.05) is 54.1 Å². The largest absolute Gasteiger partial charge is 0.314 e. The molecule has 150 valence electrons. The molecule has 1 amide bonds. The lowest BCUT2D eigenvalue weighted by atomic mass is 9.91. The van der Waals surface area contributed by atoms with Crippen molar-refractivity contribution in [1.82, 2.24) is 14.7 Å². The molecule has 4 aliphatic rings. The lowest BCUT2D eigenvalue weighted by Gasteiger charge is -2.43. The molecule has 1 atom stereocenters. The van der Waals surface area contributed by atoms with Gasteiger partial charge < -0.3 is 4.90 Å². The van der Waals surface area contributed by atoms with Gasteiger partial charge in [0.25, 0.3) is 5.91 Å². The number of allylic oxidation sites excluding steroid dienone is 3. The average Bonchev–Trinajstić information content (AvgIpc) is 3.23. The third-order valence-electron chi connectivity index (χ3n) is 6.50. The average molecular weight is 389 g/mol. The Morgan fingerprint density at radius 1 is 1.17 bits per heavy atom. The number of nitrogens with zero attached hydrogens (tertiary/aromatic N) is 4. The number of hydrogen-bond donors (Lipinski definition) is 0. The molecule has 5 rings (SSSR count). The Kier molecular flexibility index (Phi) is 4.84. The number of fused-ring (bicyclic) bond motifs is 2.